The van der Waals surface area contributed by atoms with E-state index in [2.05, 4.69) is 10.6 Å². The van der Waals surface area contributed by atoms with E-state index in [4.69, 9.17) is 28.9 Å². The molecular formula is C36H36Cl2F3N5O5S. The summed E-state index contributed by atoms with van der Waals surface area (Å²) in [5.41, 5.74) is 5.33. The van der Waals surface area contributed by atoms with Crippen molar-refractivity contribution in [3.05, 3.63) is 135 Å². The second-order valence-electron chi connectivity index (χ2n) is 12.0. The zero-order valence-corrected chi connectivity index (χ0v) is 30.5. The number of primary amides is 1. The zero-order chi connectivity index (χ0) is 38.4. The number of amides is 3. The highest BCUT2D eigenvalue weighted by Gasteiger charge is 2.42. The van der Waals surface area contributed by atoms with Gasteiger partial charge >= 0.3 is 6.18 Å². The molecule has 4 aromatic carbocycles. The van der Waals surface area contributed by atoms with Crippen molar-refractivity contribution in [1.29, 1.82) is 0 Å². The van der Waals surface area contributed by atoms with Crippen LogP contribution in [0.1, 0.15) is 50.4 Å². The third-order valence-electron chi connectivity index (χ3n) is 8.12. The quantitative estimate of drug-likeness (QED) is 0.183. The summed E-state index contributed by atoms with van der Waals surface area (Å²) in [5, 5.41) is 5.76. The second kappa shape index (κ2) is 16.8. The minimum atomic E-state index is -4.87. The van der Waals surface area contributed by atoms with Gasteiger partial charge < -0.3 is 16.4 Å². The number of likely N-dealkylation sites (tertiary alicyclic amines) is 1. The molecule has 1 aliphatic heterocycles. The molecule has 1 fully saturated rings. The summed E-state index contributed by atoms with van der Waals surface area (Å²) in [7, 11) is -2.75. The molecule has 0 spiro atoms. The Kier molecular flexibility index (Phi) is 13.0. The van der Waals surface area contributed by atoms with Gasteiger partial charge in [-0.25, -0.2) is 8.42 Å². The van der Waals surface area contributed by atoms with Crippen LogP contribution in [-0.4, -0.2) is 69.5 Å². The number of benzene rings is 4. The summed E-state index contributed by atoms with van der Waals surface area (Å²) in [6.45, 7) is 1.72. The van der Waals surface area contributed by atoms with E-state index in [0.29, 0.717) is 27.7 Å². The van der Waals surface area contributed by atoms with E-state index < -0.39 is 51.2 Å². The fourth-order valence-corrected chi connectivity index (χ4v) is 7.04. The average Bonchev–Trinajstić information content (AvgIpc) is 3.07. The number of halogens is 5. The van der Waals surface area contributed by atoms with Gasteiger partial charge in [-0.15, -0.1) is 0 Å². The largest absolute Gasteiger partial charge is 0.416 e. The first kappa shape index (κ1) is 40.1. The Morgan fingerprint density at radius 1 is 0.865 bits per heavy atom. The van der Waals surface area contributed by atoms with Crippen molar-refractivity contribution in [3.8, 4) is 0 Å². The van der Waals surface area contributed by atoms with Crippen LogP contribution < -0.4 is 20.7 Å². The lowest BCUT2D eigenvalue weighted by atomic mass is 9.93. The summed E-state index contributed by atoms with van der Waals surface area (Å²) in [5.74, 6) is -1.89. The van der Waals surface area contributed by atoms with Crippen LogP contribution in [0.5, 0.6) is 0 Å². The van der Waals surface area contributed by atoms with Gasteiger partial charge in [-0.2, -0.15) is 13.2 Å². The summed E-state index contributed by atoms with van der Waals surface area (Å²) in [6, 6.07) is 23.4. The van der Waals surface area contributed by atoms with E-state index >= 15 is 0 Å². The Balaban J connectivity index is 0.000000585. The van der Waals surface area contributed by atoms with Crippen LogP contribution in [0.2, 0.25) is 10.0 Å². The SMILES string of the molecule is CNC(=O)[C@H](C)NC(=O)c1cc(N(C2CN(C(c3ccc(Cl)cc3)c3ccc(Cl)cc3)C2)S(C)(=O)=O)cc(C(F)(F)F)c1.NC(=O)c1ccccc1. The third kappa shape index (κ3) is 10.2. The number of alkyl halides is 3. The number of hydrogen-bond acceptors (Lipinski definition) is 6. The lowest BCUT2D eigenvalue weighted by Crippen LogP contribution is -2.61. The molecule has 0 unspecified atom stereocenters. The fraction of sp³-hybridized carbons (Fsp3) is 0.250. The second-order valence-corrected chi connectivity index (χ2v) is 14.7. The summed E-state index contributed by atoms with van der Waals surface area (Å²) >= 11 is 12.2. The maximum absolute atomic E-state index is 13.9. The molecule has 0 bridgehead atoms. The Hall–Kier alpha value is -4.63. The van der Waals surface area contributed by atoms with Gasteiger partial charge in [0.05, 0.1) is 29.6 Å². The van der Waals surface area contributed by atoms with Crippen molar-refractivity contribution in [2.75, 3.05) is 30.7 Å². The molecule has 276 valence electrons. The lowest BCUT2D eigenvalue weighted by Gasteiger charge is -2.49. The van der Waals surface area contributed by atoms with Crippen molar-refractivity contribution in [2.24, 2.45) is 5.73 Å². The topological polar surface area (TPSA) is 142 Å². The molecule has 4 aromatic rings. The van der Waals surface area contributed by atoms with Crippen molar-refractivity contribution in [3.63, 3.8) is 0 Å². The van der Waals surface area contributed by atoms with Crippen LogP contribution in [-0.2, 0) is 21.0 Å². The highest BCUT2D eigenvalue weighted by Crippen LogP contribution is 2.39. The van der Waals surface area contributed by atoms with Gasteiger partial charge in [0.15, 0.2) is 0 Å². The average molecular weight is 779 g/mol. The highest BCUT2D eigenvalue weighted by atomic mass is 35.5. The van der Waals surface area contributed by atoms with Crippen LogP contribution in [0.25, 0.3) is 0 Å². The predicted octanol–water partition coefficient (Wildman–Crippen LogP) is 5.90. The van der Waals surface area contributed by atoms with Gasteiger partial charge in [-0.1, -0.05) is 65.7 Å². The van der Waals surface area contributed by atoms with Crippen LogP contribution in [0.4, 0.5) is 18.9 Å². The number of likely N-dealkylation sites (N-methyl/N-ethyl adjacent to an activating group) is 1. The molecule has 1 atom stereocenters. The first-order chi connectivity index (χ1) is 24.4. The molecular weight excluding hydrogens is 742 g/mol. The zero-order valence-electron chi connectivity index (χ0n) is 28.2. The smallest absolute Gasteiger partial charge is 0.366 e. The minimum absolute atomic E-state index is 0.175. The van der Waals surface area contributed by atoms with Gasteiger partial charge in [0.25, 0.3) is 5.91 Å². The van der Waals surface area contributed by atoms with E-state index in [1.807, 2.05) is 35.2 Å². The number of sulfonamides is 1. The maximum atomic E-state index is 13.9. The molecule has 52 heavy (non-hydrogen) atoms. The molecule has 16 heteroatoms. The third-order valence-corrected chi connectivity index (χ3v) is 9.85. The molecule has 0 aromatic heterocycles. The van der Waals surface area contributed by atoms with Crippen LogP contribution >= 0.6 is 23.2 Å². The van der Waals surface area contributed by atoms with Gasteiger partial charge in [0.1, 0.15) is 6.04 Å². The van der Waals surface area contributed by atoms with E-state index in [1.165, 1.54) is 14.0 Å². The lowest BCUT2D eigenvalue weighted by molar-refractivity contribution is -0.137. The van der Waals surface area contributed by atoms with Gasteiger partial charge in [-0.05, 0) is 72.6 Å². The number of nitrogens with two attached hydrogens (primary N) is 1. The predicted molar refractivity (Wildman–Crippen MR) is 195 cm³/mol. The Morgan fingerprint density at radius 2 is 1.38 bits per heavy atom. The number of nitrogens with one attached hydrogen (secondary N) is 2. The number of anilines is 1. The maximum Gasteiger partial charge on any atom is 0.416 e. The van der Waals surface area contributed by atoms with Crippen LogP contribution in [0, 0.1) is 0 Å². The Labute approximate surface area is 309 Å². The first-order valence-corrected chi connectivity index (χ1v) is 18.3. The Bertz CT molecular complexity index is 1950. The number of rotatable bonds is 10. The molecule has 0 radical (unpaired) electrons. The molecule has 0 saturated carbocycles. The number of hydrogen-bond donors (Lipinski definition) is 3. The Morgan fingerprint density at radius 3 is 1.81 bits per heavy atom. The first-order valence-electron chi connectivity index (χ1n) is 15.7. The molecule has 1 heterocycles. The normalized spacial score (nSPS) is 14.0. The highest BCUT2D eigenvalue weighted by molar-refractivity contribution is 7.92. The molecule has 1 saturated heterocycles. The summed E-state index contributed by atoms with van der Waals surface area (Å²) in [4.78, 5) is 37.2. The van der Waals surface area contributed by atoms with E-state index in [1.54, 1.807) is 48.5 Å². The molecule has 0 aliphatic carbocycles. The van der Waals surface area contributed by atoms with E-state index in [9.17, 15) is 36.0 Å². The molecule has 5 rings (SSSR count). The van der Waals surface area contributed by atoms with Crippen molar-refractivity contribution >= 4 is 56.6 Å². The van der Waals surface area contributed by atoms with E-state index in [0.717, 1.165) is 27.8 Å². The molecule has 4 N–H and O–H groups in total. The number of nitrogens with zero attached hydrogens (tertiary/aromatic N) is 2. The van der Waals surface area contributed by atoms with Gasteiger partial charge in [0.2, 0.25) is 21.8 Å². The molecule has 1 aliphatic rings. The standard InChI is InChI=1S/C29H29Cl2F3N4O4S.C7H7NO/c1-17(27(39)35-2)36-28(40)20-12-21(29(32,33)34)14-24(13-20)38(43(3,41)42)25-15-37(16-25)26(18-4-8-22(30)9-5-18)19-6-10-23(31)11-7-19;8-7(9)6-4-2-1-3-5-6/h4-14,17,25-26H,15-16H2,1-3H3,(H,35,39)(H,36,40);1-5H,(H2,8,9)/t17-;/m0./s1. The number of carbonyl (C=O) groups is 3. The fourth-order valence-electron chi connectivity index (χ4n) is 5.62. The van der Waals surface area contributed by atoms with E-state index in [-0.39, 0.29) is 30.7 Å². The minimum Gasteiger partial charge on any atom is -0.366 e. The van der Waals surface area contributed by atoms with Gasteiger partial charge in [0, 0.05) is 41.3 Å². The number of carbonyl (C=O) groups excluding carboxylic acids is 3. The van der Waals surface area contributed by atoms with Crippen molar-refractivity contribution in [1.82, 2.24) is 15.5 Å². The van der Waals surface area contributed by atoms with Crippen molar-refractivity contribution < 1.29 is 36.0 Å². The van der Waals surface area contributed by atoms with Crippen molar-refractivity contribution in [2.45, 2.75) is 31.2 Å². The monoisotopic (exact) mass is 777 g/mol. The summed E-state index contributed by atoms with van der Waals surface area (Å²) < 4.78 is 68.8. The van der Waals surface area contributed by atoms with Gasteiger partial charge in [-0.3, -0.25) is 23.6 Å². The van der Waals surface area contributed by atoms with Crippen LogP contribution in [0.15, 0.2) is 97.1 Å². The molecule has 3 amide bonds. The summed E-state index contributed by atoms with van der Waals surface area (Å²) in [6.07, 6.45) is -3.97. The molecule has 10 nitrogen and oxygen atoms in total. The van der Waals surface area contributed by atoms with Crippen LogP contribution in [0.3, 0.4) is 0 Å².